The predicted molar refractivity (Wildman–Crippen MR) is 216 cm³/mol. The second kappa shape index (κ2) is 24.0. The fourth-order valence-electron chi connectivity index (χ4n) is 5.48. The van der Waals surface area contributed by atoms with Crippen LogP contribution in [0.5, 0.6) is 5.75 Å². The summed E-state index contributed by atoms with van der Waals surface area (Å²) in [5.41, 5.74) is 30.1. The Hall–Kier alpha value is -5.19. The van der Waals surface area contributed by atoms with E-state index in [-0.39, 0.29) is 63.3 Å². The number of nitrogens with two attached hydrogens (primary N) is 2. The predicted octanol–water partition coefficient (Wildman–Crippen LogP) is 1.31. The third kappa shape index (κ3) is 16.8. The monoisotopic (exact) mass is 945 g/mol. The summed E-state index contributed by atoms with van der Waals surface area (Å²) in [5, 5.41) is 12.3. The minimum atomic E-state index is -5.41. The van der Waals surface area contributed by atoms with Gasteiger partial charge in [0.1, 0.15) is 55.8 Å². The van der Waals surface area contributed by atoms with Crippen LogP contribution in [0.1, 0.15) is 28.6 Å². The highest BCUT2D eigenvalue weighted by atomic mass is 31.3. The van der Waals surface area contributed by atoms with E-state index >= 15 is 0 Å². The summed E-state index contributed by atoms with van der Waals surface area (Å²) in [6, 6.07) is 6.32. The summed E-state index contributed by atoms with van der Waals surface area (Å²) >= 11 is 0. The van der Waals surface area contributed by atoms with Gasteiger partial charge in [0.15, 0.2) is 12.1 Å². The molecule has 1 saturated heterocycles. The van der Waals surface area contributed by atoms with E-state index in [0.717, 1.165) is 0 Å². The van der Waals surface area contributed by atoms with Gasteiger partial charge in [0, 0.05) is 41.1 Å². The molecule has 0 saturated carbocycles. The van der Waals surface area contributed by atoms with Crippen molar-refractivity contribution in [3.05, 3.63) is 68.8 Å². The maximum absolute atomic E-state index is 12.4. The van der Waals surface area contributed by atoms with E-state index in [4.69, 9.17) is 60.5 Å². The Morgan fingerprint density at radius 2 is 1.92 bits per heavy atom. The summed E-state index contributed by atoms with van der Waals surface area (Å²) in [5.74, 6) is 3.41. The van der Waals surface area contributed by atoms with Crippen LogP contribution in [0.15, 0.2) is 47.0 Å². The van der Waals surface area contributed by atoms with Crippen LogP contribution < -0.4 is 26.8 Å². The van der Waals surface area contributed by atoms with Crippen LogP contribution in [0.3, 0.4) is 0 Å². The maximum atomic E-state index is 12.4. The van der Waals surface area contributed by atoms with Gasteiger partial charge < -0.3 is 69.9 Å². The molecule has 10 N–H and O–H groups in total. The van der Waals surface area contributed by atoms with Crippen LogP contribution in [0.2, 0.25) is 0 Å². The zero-order valence-corrected chi connectivity index (χ0v) is 35.4. The van der Waals surface area contributed by atoms with Gasteiger partial charge in [-0.1, -0.05) is 28.1 Å². The molecular formula is C31H42N13O16P3. The molecule has 1 aliphatic heterocycles. The van der Waals surface area contributed by atoms with Crippen LogP contribution in [0.4, 0.5) is 5.82 Å². The second-order valence-corrected chi connectivity index (χ2v) is 18.3. The molecule has 2 aromatic heterocycles. The number of nitrogen functional groups attached to an aromatic ring is 1. The summed E-state index contributed by atoms with van der Waals surface area (Å²) in [7, 11) is -15.8. The van der Waals surface area contributed by atoms with Gasteiger partial charge in [0.25, 0.3) is 5.91 Å². The first-order valence-corrected chi connectivity index (χ1v) is 23.1. The number of carbonyl (C=O) groups is 2. The number of hydrogen-bond acceptors (Lipinski definition) is 18. The Balaban J connectivity index is 1.30. The van der Waals surface area contributed by atoms with Gasteiger partial charge in [-0.2, -0.15) is 0 Å². The molecule has 29 nitrogen and oxygen atoms in total. The van der Waals surface area contributed by atoms with Crippen LogP contribution in [0, 0.1) is 11.8 Å². The molecular weight excluding hydrogens is 903 g/mol. The third-order valence-electron chi connectivity index (χ3n) is 8.00. The first kappa shape index (κ1) is 50.5. The van der Waals surface area contributed by atoms with Crippen LogP contribution in [0.25, 0.3) is 31.9 Å². The summed E-state index contributed by atoms with van der Waals surface area (Å²) < 4.78 is 74.1. The van der Waals surface area contributed by atoms with Crippen molar-refractivity contribution in [2.45, 2.75) is 31.1 Å². The van der Waals surface area contributed by atoms with E-state index < -0.39 is 72.8 Å². The SMILES string of the molecule is [N-]=[N+]=NCOC1CC(n2cc(C#CCNC(=O)COCCOC(COc3cccc(C(=O)NCCN)c3)N=[N+]=[N-])c3c(N)ncnc32)OC1COP(=O)(O)OP(=O)(O)CP(=O)(O)O. The quantitative estimate of drug-likeness (QED) is 0.0148. The van der Waals surface area contributed by atoms with Crippen molar-refractivity contribution in [1.82, 2.24) is 25.2 Å². The highest BCUT2D eigenvalue weighted by Crippen LogP contribution is 2.65. The van der Waals surface area contributed by atoms with Crippen molar-refractivity contribution in [1.29, 1.82) is 0 Å². The second-order valence-electron chi connectivity index (χ2n) is 12.7. The highest BCUT2D eigenvalue weighted by Gasteiger charge is 2.43. The smallest absolute Gasteiger partial charge is 0.479 e. The molecule has 6 atom stereocenters. The molecule has 2 amide bonds. The minimum Gasteiger partial charge on any atom is -0.491 e. The molecule has 3 heterocycles. The number of rotatable bonds is 25. The number of phosphoric ester groups is 1. The van der Waals surface area contributed by atoms with Gasteiger partial charge in [-0.3, -0.25) is 23.2 Å². The van der Waals surface area contributed by atoms with Crippen molar-refractivity contribution < 1.29 is 75.4 Å². The summed E-state index contributed by atoms with van der Waals surface area (Å²) in [6.07, 6.45) is -1.57. The summed E-state index contributed by atoms with van der Waals surface area (Å²) in [6.45, 7) is -1.55. The van der Waals surface area contributed by atoms with E-state index in [1.165, 1.54) is 23.2 Å². The Bertz CT molecular complexity index is 2380. The van der Waals surface area contributed by atoms with Gasteiger partial charge >= 0.3 is 23.0 Å². The molecule has 4 rings (SSSR count). The number of ether oxygens (including phenoxy) is 5. The number of nitrogens with zero attached hydrogens (tertiary/aromatic N) is 9. The minimum absolute atomic E-state index is 0.0180. The molecule has 0 aliphatic carbocycles. The van der Waals surface area contributed by atoms with Crippen molar-refractivity contribution >= 4 is 51.7 Å². The molecule has 0 radical (unpaired) electrons. The molecule has 1 aliphatic rings. The standard InChI is InChI=1S/C31H42N13O16P3/c32-6-8-37-31(46)20-3-1-5-22(11-20)56-16-26(41-43-35)55-10-9-54-15-25(45)36-7-2-4-21-13-44(30-28(21)29(33)38-17-39-30)27-12-23(57-18-40-42-34)24(59-27)14-58-63(52,53)60-62(50,51)19-61(47,48)49/h1,3,5,11,13,17,23-24,26-27H,6-10,12,14-16,18-19,32H2,(H,36,45)(H,37,46)(H,50,51)(H,52,53)(H2,33,38,39)(H2,47,48,49). The van der Waals surface area contributed by atoms with Gasteiger partial charge in [0.05, 0.1) is 43.4 Å². The normalized spacial score (nSPS) is 18.4. The Morgan fingerprint density at radius 3 is 2.65 bits per heavy atom. The van der Waals surface area contributed by atoms with Gasteiger partial charge in [-0.25, -0.2) is 18.8 Å². The lowest BCUT2D eigenvalue weighted by Crippen LogP contribution is -2.29. The Labute approximate surface area is 356 Å². The number of anilines is 1. The van der Waals surface area contributed by atoms with E-state index in [1.807, 2.05) is 0 Å². The van der Waals surface area contributed by atoms with Gasteiger partial charge in [-0.15, -0.1) is 0 Å². The molecule has 6 unspecified atom stereocenters. The molecule has 63 heavy (non-hydrogen) atoms. The van der Waals surface area contributed by atoms with E-state index in [1.54, 1.807) is 18.2 Å². The number of azide groups is 2. The third-order valence-corrected chi connectivity index (χ3v) is 13.2. The number of carbonyl (C=O) groups excluding carboxylic acids is 2. The number of amides is 2. The average molecular weight is 946 g/mol. The molecule has 3 aromatic rings. The van der Waals surface area contributed by atoms with E-state index in [2.05, 4.69) is 56.8 Å². The lowest BCUT2D eigenvalue weighted by molar-refractivity contribution is -0.126. The molecule has 1 fully saturated rings. The number of nitrogens with one attached hydrogen (secondary N) is 2. The maximum Gasteiger partial charge on any atom is 0.479 e. The topological polar surface area (TPSA) is 435 Å². The molecule has 0 spiro atoms. The van der Waals surface area contributed by atoms with Crippen LogP contribution >= 0.6 is 23.0 Å². The lowest BCUT2D eigenvalue weighted by atomic mass is 10.2. The summed E-state index contributed by atoms with van der Waals surface area (Å²) in [4.78, 5) is 75.9. The molecule has 1 aromatic carbocycles. The Morgan fingerprint density at radius 1 is 1.13 bits per heavy atom. The van der Waals surface area contributed by atoms with E-state index in [0.29, 0.717) is 28.8 Å². The number of aromatic nitrogens is 3. The lowest BCUT2D eigenvalue weighted by Gasteiger charge is -2.21. The fourth-order valence-corrected chi connectivity index (χ4v) is 9.83. The number of benzene rings is 1. The molecule has 342 valence electrons. The number of hydrogen-bond donors (Lipinski definition) is 8. The van der Waals surface area contributed by atoms with Crippen molar-refractivity contribution in [3.8, 4) is 17.6 Å². The van der Waals surface area contributed by atoms with Crippen molar-refractivity contribution in [3.63, 3.8) is 0 Å². The first-order valence-electron chi connectivity index (χ1n) is 18.1. The zero-order valence-electron chi connectivity index (χ0n) is 32.8. The zero-order chi connectivity index (χ0) is 46.0. The molecule has 0 bridgehead atoms. The van der Waals surface area contributed by atoms with Crippen molar-refractivity contribution in [2.24, 2.45) is 16.0 Å². The Kier molecular flexibility index (Phi) is 19.2. The first-order chi connectivity index (χ1) is 29.9. The largest absolute Gasteiger partial charge is 0.491 e. The highest BCUT2D eigenvalue weighted by molar-refractivity contribution is 7.73. The fraction of sp³-hybridized carbons (Fsp3) is 0.484. The van der Waals surface area contributed by atoms with Crippen LogP contribution in [-0.4, -0.2) is 130 Å². The van der Waals surface area contributed by atoms with E-state index in [9.17, 15) is 33.1 Å². The van der Waals surface area contributed by atoms with Gasteiger partial charge in [0.2, 0.25) is 5.91 Å². The van der Waals surface area contributed by atoms with Gasteiger partial charge in [-0.05, 0) is 29.3 Å². The van der Waals surface area contributed by atoms with Crippen molar-refractivity contribution in [2.75, 3.05) is 71.0 Å². The molecule has 32 heteroatoms. The average Bonchev–Trinajstić information content (AvgIpc) is 3.80. The number of fused-ring (bicyclic) bond motifs is 1. The van der Waals surface area contributed by atoms with Crippen LogP contribution in [-0.2, 0) is 46.3 Å². The number of phosphoric acid groups is 1.